The number of rotatable bonds is 1. The Morgan fingerprint density at radius 3 is 2.86 bits per heavy atom. The molecule has 2 rings (SSSR count). The van der Waals surface area contributed by atoms with Crippen LogP contribution in [0.1, 0.15) is 5.56 Å². The molecule has 74 valence electrons. The Bertz CT molecular complexity index is 444. The van der Waals surface area contributed by atoms with Gasteiger partial charge in [0.15, 0.2) is 3.79 Å². The van der Waals surface area contributed by atoms with Gasteiger partial charge in [0.05, 0.1) is 0 Å². The van der Waals surface area contributed by atoms with Crippen molar-refractivity contribution < 1.29 is 0 Å². The Labute approximate surface area is 96.2 Å². The summed E-state index contributed by atoms with van der Waals surface area (Å²) in [4.78, 5) is 7.17. The van der Waals surface area contributed by atoms with Crippen molar-refractivity contribution in [2.75, 3.05) is 0 Å². The summed E-state index contributed by atoms with van der Waals surface area (Å²) in [6.07, 6.45) is 3.92. The third kappa shape index (κ3) is 2.14. The minimum absolute atomic E-state index is 0.378. The predicted molar refractivity (Wildman–Crippen MR) is 60.1 cm³/mol. The van der Waals surface area contributed by atoms with Crippen LogP contribution >= 0.6 is 34.8 Å². The van der Waals surface area contributed by atoms with Crippen LogP contribution in [0.5, 0.6) is 0 Å². The van der Waals surface area contributed by atoms with Crippen LogP contribution in [0.2, 0.25) is 0 Å². The van der Waals surface area contributed by atoms with E-state index in [2.05, 4.69) is 9.97 Å². The van der Waals surface area contributed by atoms with Crippen LogP contribution in [0.3, 0.4) is 0 Å². The topological polar surface area (TPSA) is 28.7 Å². The number of nitrogens with zero attached hydrogens (tertiary/aromatic N) is 1. The highest BCUT2D eigenvalue weighted by atomic mass is 35.6. The normalized spacial score (nSPS) is 12.2. The maximum absolute atomic E-state index is 5.72. The van der Waals surface area contributed by atoms with Gasteiger partial charge in [-0.25, -0.2) is 4.98 Å². The fourth-order valence-corrected chi connectivity index (χ4v) is 1.81. The molecule has 0 amide bonds. The van der Waals surface area contributed by atoms with Gasteiger partial charge in [0, 0.05) is 24.2 Å². The van der Waals surface area contributed by atoms with Gasteiger partial charge < -0.3 is 4.98 Å². The van der Waals surface area contributed by atoms with E-state index in [0.717, 1.165) is 16.6 Å². The van der Waals surface area contributed by atoms with Crippen LogP contribution in [0.25, 0.3) is 11.0 Å². The lowest BCUT2D eigenvalue weighted by molar-refractivity contribution is 1.03. The first-order valence-electron chi connectivity index (χ1n) is 4.04. The van der Waals surface area contributed by atoms with Gasteiger partial charge in [-0.3, -0.25) is 0 Å². The molecule has 0 saturated heterocycles. The number of nitrogens with one attached hydrogen (secondary N) is 1. The summed E-state index contributed by atoms with van der Waals surface area (Å²) in [5, 5.41) is 0.999. The summed E-state index contributed by atoms with van der Waals surface area (Å²) in [5.41, 5.74) is 1.78. The number of hydrogen-bond acceptors (Lipinski definition) is 1. The van der Waals surface area contributed by atoms with Gasteiger partial charge in [-0.2, -0.15) is 0 Å². The number of alkyl halides is 3. The van der Waals surface area contributed by atoms with Gasteiger partial charge in [0.2, 0.25) is 0 Å². The number of hydrogen-bond donors (Lipinski definition) is 1. The van der Waals surface area contributed by atoms with Crippen LogP contribution in [-0.2, 0) is 6.42 Å². The molecule has 0 unspecified atom stereocenters. The Balaban J connectivity index is 2.44. The van der Waals surface area contributed by atoms with E-state index in [0.29, 0.717) is 6.42 Å². The number of halogens is 3. The lowest BCUT2D eigenvalue weighted by Gasteiger charge is -2.08. The summed E-state index contributed by atoms with van der Waals surface area (Å²) < 4.78 is -1.26. The quantitative estimate of drug-likeness (QED) is 0.770. The third-order valence-electron chi connectivity index (χ3n) is 1.93. The molecule has 5 heteroatoms. The van der Waals surface area contributed by atoms with E-state index in [4.69, 9.17) is 34.8 Å². The van der Waals surface area contributed by atoms with E-state index < -0.39 is 3.79 Å². The average Bonchev–Trinajstić information content (AvgIpc) is 2.47. The van der Waals surface area contributed by atoms with Gasteiger partial charge >= 0.3 is 0 Å². The number of aromatic nitrogens is 2. The first kappa shape index (κ1) is 10.1. The second-order valence-electron chi connectivity index (χ2n) is 3.01. The Hall–Kier alpha value is -0.440. The maximum atomic E-state index is 5.72. The van der Waals surface area contributed by atoms with E-state index in [9.17, 15) is 0 Å². The zero-order chi connectivity index (χ0) is 10.2. The molecule has 1 N–H and O–H groups in total. The predicted octanol–water partition coefficient (Wildman–Crippen LogP) is 3.48. The number of fused-ring (bicyclic) bond motifs is 1. The van der Waals surface area contributed by atoms with Crippen LogP contribution < -0.4 is 0 Å². The van der Waals surface area contributed by atoms with E-state index in [-0.39, 0.29) is 0 Å². The zero-order valence-corrected chi connectivity index (χ0v) is 9.37. The standard InChI is InChI=1S/C9H7Cl3N2/c10-9(11,12)4-6-5-14-8-7(6)2-1-3-13-8/h1-3,5H,4H2,(H,13,14). The molecule has 2 aromatic rings. The van der Waals surface area contributed by atoms with Crippen molar-refractivity contribution in [1.82, 2.24) is 9.97 Å². The third-order valence-corrected chi connectivity index (χ3v) is 2.33. The van der Waals surface area contributed by atoms with Gasteiger partial charge in [-0.15, -0.1) is 0 Å². The molecule has 2 nitrogen and oxygen atoms in total. The second kappa shape index (κ2) is 3.61. The van der Waals surface area contributed by atoms with Gasteiger partial charge in [-0.05, 0) is 17.7 Å². The molecule has 0 bridgehead atoms. The Kier molecular flexibility index (Phi) is 2.60. The number of aromatic amines is 1. The van der Waals surface area contributed by atoms with Crippen molar-refractivity contribution in [3.63, 3.8) is 0 Å². The molecule has 0 aliphatic heterocycles. The average molecular weight is 250 g/mol. The van der Waals surface area contributed by atoms with Gasteiger partial charge in [-0.1, -0.05) is 34.8 Å². The molecule has 0 aromatic carbocycles. The van der Waals surface area contributed by atoms with Crippen molar-refractivity contribution in [1.29, 1.82) is 0 Å². The summed E-state index contributed by atoms with van der Waals surface area (Å²) >= 11 is 17.2. The van der Waals surface area contributed by atoms with E-state index in [1.807, 2.05) is 18.3 Å². The minimum Gasteiger partial charge on any atom is -0.346 e. The van der Waals surface area contributed by atoms with E-state index in [1.165, 1.54) is 0 Å². The molecular formula is C9H7Cl3N2. The highest BCUT2D eigenvalue weighted by molar-refractivity contribution is 6.67. The first-order valence-corrected chi connectivity index (χ1v) is 5.17. The molecule has 2 aromatic heterocycles. The van der Waals surface area contributed by atoms with E-state index >= 15 is 0 Å². The Morgan fingerprint density at radius 1 is 1.36 bits per heavy atom. The Morgan fingerprint density at radius 2 is 2.14 bits per heavy atom. The van der Waals surface area contributed by atoms with Crippen molar-refractivity contribution >= 4 is 45.8 Å². The lowest BCUT2D eigenvalue weighted by Crippen LogP contribution is -2.05. The van der Waals surface area contributed by atoms with Crippen LogP contribution in [0.4, 0.5) is 0 Å². The molecule has 0 aliphatic rings. The second-order valence-corrected chi connectivity index (χ2v) is 5.52. The molecule has 0 aliphatic carbocycles. The highest BCUT2D eigenvalue weighted by Crippen LogP contribution is 2.32. The van der Waals surface area contributed by atoms with Crippen molar-refractivity contribution in [2.45, 2.75) is 10.2 Å². The van der Waals surface area contributed by atoms with Crippen molar-refractivity contribution in [3.8, 4) is 0 Å². The van der Waals surface area contributed by atoms with Crippen LogP contribution in [-0.4, -0.2) is 13.8 Å². The molecule has 0 radical (unpaired) electrons. The lowest BCUT2D eigenvalue weighted by atomic mass is 10.2. The molecular weight excluding hydrogens is 242 g/mol. The zero-order valence-electron chi connectivity index (χ0n) is 7.10. The first-order chi connectivity index (χ1) is 6.56. The molecule has 0 atom stereocenters. The van der Waals surface area contributed by atoms with Crippen LogP contribution in [0.15, 0.2) is 24.5 Å². The summed E-state index contributed by atoms with van der Waals surface area (Å²) in [6.45, 7) is 0. The molecule has 0 saturated carbocycles. The maximum Gasteiger partial charge on any atom is 0.194 e. The fourth-order valence-electron chi connectivity index (χ4n) is 1.37. The fraction of sp³-hybridized carbons (Fsp3) is 0.222. The van der Waals surface area contributed by atoms with Gasteiger partial charge in [0.1, 0.15) is 5.65 Å². The number of pyridine rings is 1. The minimum atomic E-state index is -1.26. The summed E-state index contributed by atoms with van der Waals surface area (Å²) in [5.74, 6) is 0. The van der Waals surface area contributed by atoms with Gasteiger partial charge in [0.25, 0.3) is 0 Å². The highest BCUT2D eigenvalue weighted by Gasteiger charge is 2.21. The summed E-state index contributed by atoms with van der Waals surface area (Å²) in [7, 11) is 0. The smallest absolute Gasteiger partial charge is 0.194 e. The molecule has 0 spiro atoms. The van der Waals surface area contributed by atoms with Crippen molar-refractivity contribution in [2.24, 2.45) is 0 Å². The largest absolute Gasteiger partial charge is 0.346 e. The molecule has 2 heterocycles. The van der Waals surface area contributed by atoms with Crippen molar-refractivity contribution in [3.05, 3.63) is 30.1 Å². The monoisotopic (exact) mass is 248 g/mol. The SMILES string of the molecule is ClC(Cl)(Cl)Cc1c[nH]c2ncccc12. The number of H-pyrrole nitrogens is 1. The summed E-state index contributed by atoms with van der Waals surface area (Å²) in [6, 6.07) is 3.81. The molecule has 0 fully saturated rings. The van der Waals surface area contributed by atoms with Crippen LogP contribution in [0, 0.1) is 0 Å². The molecule has 14 heavy (non-hydrogen) atoms. The van der Waals surface area contributed by atoms with E-state index in [1.54, 1.807) is 6.20 Å².